The van der Waals surface area contributed by atoms with Crippen LogP contribution in [0.15, 0.2) is 24.4 Å². The number of rotatable bonds is 5. The molecule has 1 N–H and O–H groups in total. The summed E-state index contributed by atoms with van der Waals surface area (Å²) in [6.45, 7) is 2.33. The van der Waals surface area contributed by atoms with Gasteiger partial charge in [0.2, 0.25) is 5.91 Å². The van der Waals surface area contributed by atoms with Crippen molar-refractivity contribution in [2.75, 3.05) is 39.3 Å². The Morgan fingerprint density at radius 3 is 2.45 bits per heavy atom. The third kappa shape index (κ3) is 5.98. The number of halogens is 3. The molecule has 5 nitrogen and oxygen atoms in total. The van der Waals surface area contributed by atoms with E-state index in [2.05, 4.69) is 9.88 Å². The van der Waals surface area contributed by atoms with Crippen LogP contribution < -0.4 is 5.32 Å². The number of aromatic nitrogens is 1. The Labute approximate surface area is 127 Å². The quantitative estimate of drug-likeness (QED) is 0.876. The second kappa shape index (κ2) is 7.55. The number of piperazine rings is 1. The van der Waals surface area contributed by atoms with Crippen LogP contribution in [0, 0.1) is 0 Å². The molecule has 8 heteroatoms. The van der Waals surface area contributed by atoms with Crippen LogP contribution in [0.25, 0.3) is 0 Å². The Hall–Kier alpha value is -1.67. The van der Waals surface area contributed by atoms with Crippen LogP contribution in [-0.4, -0.2) is 66.1 Å². The number of amides is 1. The third-order valence-electron chi connectivity index (χ3n) is 3.43. The van der Waals surface area contributed by atoms with Crippen molar-refractivity contribution >= 4 is 5.91 Å². The summed E-state index contributed by atoms with van der Waals surface area (Å²) in [5.41, 5.74) is 0.985. The molecule has 1 aliphatic heterocycles. The highest BCUT2D eigenvalue weighted by Gasteiger charge is 2.28. The third-order valence-corrected chi connectivity index (χ3v) is 3.43. The highest BCUT2D eigenvalue weighted by Crippen LogP contribution is 2.12. The van der Waals surface area contributed by atoms with E-state index < -0.39 is 18.6 Å². The van der Waals surface area contributed by atoms with Gasteiger partial charge in [0, 0.05) is 38.9 Å². The molecule has 0 bridgehead atoms. The number of carbonyl (C=O) groups is 1. The predicted molar refractivity (Wildman–Crippen MR) is 75.0 cm³/mol. The van der Waals surface area contributed by atoms with Crippen molar-refractivity contribution in [2.24, 2.45) is 0 Å². The summed E-state index contributed by atoms with van der Waals surface area (Å²) in [6, 6.07) is 5.75. The van der Waals surface area contributed by atoms with Gasteiger partial charge < -0.3 is 5.32 Å². The summed E-state index contributed by atoms with van der Waals surface area (Å²) < 4.78 is 36.0. The zero-order valence-electron chi connectivity index (χ0n) is 12.1. The molecule has 1 aromatic heterocycles. The summed E-state index contributed by atoms with van der Waals surface area (Å²) in [6.07, 6.45) is -2.62. The summed E-state index contributed by atoms with van der Waals surface area (Å²) in [7, 11) is 0. The van der Waals surface area contributed by atoms with Crippen LogP contribution in [0.5, 0.6) is 0 Å². The number of nitrogens with zero attached hydrogens (tertiary/aromatic N) is 3. The van der Waals surface area contributed by atoms with E-state index in [9.17, 15) is 18.0 Å². The first-order chi connectivity index (χ1) is 10.4. The Kier molecular flexibility index (Phi) is 5.73. The van der Waals surface area contributed by atoms with Crippen molar-refractivity contribution < 1.29 is 18.0 Å². The van der Waals surface area contributed by atoms with E-state index in [0.717, 1.165) is 25.3 Å². The number of hydrogen-bond acceptors (Lipinski definition) is 4. The van der Waals surface area contributed by atoms with Gasteiger partial charge in [0.25, 0.3) is 0 Å². The van der Waals surface area contributed by atoms with Crippen LogP contribution in [0.3, 0.4) is 0 Å². The molecular formula is C14H19F3N4O. The van der Waals surface area contributed by atoms with Gasteiger partial charge in [-0.15, -0.1) is 0 Å². The molecule has 2 rings (SSSR count). The molecule has 122 valence electrons. The van der Waals surface area contributed by atoms with Gasteiger partial charge in [-0.05, 0) is 12.1 Å². The SMILES string of the molecule is O=C(CN1CCN(Cc2ccccn2)CC1)NCC(F)(F)F. The molecule has 22 heavy (non-hydrogen) atoms. The van der Waals surface area contributed by atoms with E-state index in [1.165, 1.54) is 0 Å². The lowest BCUT2D eigenvalue weighted by Gasteiger charge is -2.34. The monoisotopic (exact) mass is 316 g/mol. The molecule has 0 saturated carbocycles. The van der Waals surface area contributed by atoms with Gasteiger partial charge in [-0.25, -0.2) is 0 Å². The maximum Gasteiger partial charge on any atom is 0.405 e. The largest absolute Gasteiger partial charge is 0.405 e. The van der Waals surface area contributed by atoms with E-state index in [-0.39, 0.29) is 6.54 Å². The molecule has 0 aromatic carbocycles. The Balaban J connectivity index is 1.68. The lowest BCUT2D eigenvalue weighted by molar-refractivity contribution is -0.139. The molecule has 1 aromatic rings. The van der Waals surface area contributed by atoms with Gasteiger partial charge in [0.15, 0.2) is 0 Å². The summed E-state index contributed by atoms with van der Waals surface area (Å²) in [5.74, 6) is -0.587. The Bertz CT molecular complexity index is 473. The second-order valence-electron chi connectivity index (χ2n) is 5.27. The summed E-state index contributed by atoms with van der Waals surface area (Å²) in [5, 5.41) is 1.89. The molecule has 0 atom stereocenters. The zero-order valence-corrected chi connectivity index (χ0v) is 12.1. The fourth-order valence-corrected chi connectivity index (χ4v) is 2.28. The maximum absolute atomic E-state index is 12.0. The topological polar surface area (TPSA) is 48.5 Å². The minimum absolute atomic E-state index is 0.00745. The molecule has 0 aliphatic carbocycles. The first-order valence-corrected chi connectivity index (χ1v) is 7.10. The van der Waals surface area contributed by atoms with E-state index in [1.807, 2.05) is 28.4 Å². The van der Waals surface area contributed by atoms with Crippen LogP contribution >= 0.6 is 0 Å². The molecular weight excluding hydrogens is 297 g/mol. The first-order valence-electron chi connectivity index (χ1n) is 7.10. The van der Waals surface area contributed by atoms with E-state index in [4.69, 9.17) is 0 Å². The van der Waals surface area contributed by atoms with E-state index >= 15 is 0 Å². The Morgan fingerprint density at radius 2 is 1.86 bits per heavy atom. The number of hydrogen-bond donors (Lipinski definition) is 1. The van der Waals surface area contributed by atoms with Crippen molar-refractivity contribution in [1.82, 2.24) is 20.1 Å². The van der Waals surface area contributed by atoms with Crippen LogP contribution in [0.2, 0.25) is 0 Å². The number of carbonyl (C=O) groups excluding carboxylic acids is 1. The fourth-order valence-electron chi connectivity index (χ4n) is 2.28. The molecule has 1 aliphatic rings. The lowest BCUT2D eigenvalue weighted by Crippen LogP contribution is -2.49. The van der Waals surface area contributed by atoms with Gasteiger partial charge in [-0.3, -0.25) is 19.6 Å². The molecule has 0 spiro atoms. The van der Waals surface area contributed by atoms with Gasteiger partial charge in [0.1, 0.15) is 6.54 Å². The van der Waals surface area contributed by atoms with Gasteiger partial charge in [-0.1, -0.05) is 6.07 Å². The fraction of sp³-hybridized carbons (Fsp3) is 0.571. The maximum atomic E-state index is 12.0. The summed E-state index contributed by atoms with van der Waals surface area (Å²) in [4.78, 5) is 19.8. The van der Waals surface area contributed by atoms with Crippen LogP contribution in [0.1, 0.15) is 5.69 Å². The minimum atomic E-state index is -4.36. The second-order valence-corrected chi connectivity index (χ2v) is 5.27. The molecule has 0 radical (unpaired) electrons. The number of pyridine rings is 1. The van der Waals surface area contributed by atoms with Crippen molar-refractivity contribution in [3.05, 3.63) is 30.1 Å². The van der Waals surface area contributed by atoms with Crippen LogP contribution in [-0.2, 0) is 11.3 Å². The zero-order chi connectivity index (χ0) is 16.0. The van der Waals surface area contributed by atoms with E-state index in [0.29, 0.717) is 13.1 Å². The van der Waals surface area contributed by atoms with Crippen molar-refractivity contribution in [3.63, 3.8) is 0 Å². The molecule has 2 heterocycles. The Morgan fingerprint density at radius 1 is 1.18 bits per heavy atom. The molecule has 0 unspecified atom stereocenters. The van der Waals surface area contributed by atoms with Crippen molar-refractivity contribution in [2.45, 2.75) is 12.7 Å². The highest BCUT2D eigenvalue weighted by atomic mass is 19.4. The number of nitrogens with one attached hydrogen (secondary N) is 1. The summed E-state index contributed by atoms with van der Waals surface area (Å²) >= 11 is 0. The average Bonchev–Trinajstić information content (AvgIpc) is 2.48. The lowest BCUT2D eigenvalue weighted by atomic mass is 10.2. The van der Waals surface area contributed by atoms with Crippen molar-refractivity contribution in [3.8, 4) is 0 Å². The predicted octanol–water partition coefficient (Wildman–Crippen LogP) is 0.878. The van der Waals surface area contributed by atoms with Gasteiger partial charge >= 0.3 is 6.18 Å². The molecule has 1 saturated heterocycles. The standard InChI is InChI=1S/C14H19F3N4O/c15-14(16,17)11-19-13(22)10-21-7-5-20(6-8-21)9-12-3-1-2-4-18-12/h1-4H,5-11H2,(H,19,22). The normalized spacial score (nSPS) is 17.4. The van der Waals surface area contributed by atoms with Gasteiger partial charge in [-0.2, -0.15) is 13.2 Å². The average molecular weight is 316 g/mol. The number of alkyl halides is 3. The first kappa shape index (κ1) is 16.7. The molecule has 1 fully saturated rings. The smallest absolute Gasteiger partial charge is 0.346 e. The van der Waals surface area contributed by atoms with Crippen LogP contribution in [0.4, 0.5) is 13.2 Å². The minimum Gasteiger partial charge on any atom is -0.346 e. The van der Waals surface area contributed by atoms with Crippen molar-refractivity contribution in [1.29, 1.82) is 0 Å². The van der Waals surface area contributed by atoms with Gasteiger partial charge in [0.05, 0.1) is 12.2 Å². The highest BCUT2D eigenvalue weighted by molar-refractivity contribution is 5.78. The molecule has 1 amide bonds. The van der Waals surface area contributed by atoms with E-state index in [1.54, 1.807) is 6.20 Å².